The highest BCUT2D eigenvalue weighted by Crippen LogP contribution is 2.43. The number of nitrogens with zero attached hydrogens (tertiary/aromatic N) is 3. The van der Waals surface area contributed by atoms with Crippen molar-refractivity contribution in [1.82, 2.24) is 20.0 Å². The topological polar surface area (TPSA) is 55.9 Å². The van der Waals surface area contributed by atoms with Crippen molar-refractivity contribution >= 4 is 24.4 Å². The van der Waals surface area contributed by atoms with Crippen LogP contribution in [0.4, 0.5) is 0 Å². The van der Waals surface area contributed by atoms with Gasteiger partial charge in [-0.3, -0.25) is 29.6 Å². The van der Waals surface area contributed by atoms with Gasteiger partial charge in [0.1, 0.15) is 0 Å². The predicted octanol–water partition coefficient (Wildman–Crippen LogP) is 4.28. The van der Waals surface area contributed by atoms with Gasteiger partial charge in [0.2, 0.25) is 11.8 Å². The molecule has 4 fully saturated rings. The summed E-state index contributed by atoms with van der Waals surface area (Å²) in [5.74, 6) is -0.368. The Morgan fingerprint density at radius 3 is 2.18 bits per heavy atom. The minimum Gasteiger partial charge on any atom is -0.295 e. The number of thiol groups is 1. The number of piperazine rings is 1. The van der Waals surface area contributed by atoms with Gasteiger partial charge in [-0.15, -0.1) is 0 Å². The molecule has 5 heterocycles. The highest BCUT2D eigenvalue weighted by atomic mass is 32.1. The number of piperidine rings is 2. The van der Waals surface area contributed by atoms with E-state index in [1.165, 1.54) is 34.2 Å². The van der Waals surface area contributed by atoms with Gasteiger partial charge < -0.3 is 0 Å². The van der Waals surface area contributed by atoms with E-state index in [4.69, 9.17) is 12.6 Å². The monoisotopic (exact) mass is 538 g/mol. The number of carbonyl (C=O) groups is 2. The Balaban J connectivity index is 1.08. The number of hydrogen-bond donors (Lipinski definition) is 2. The number of fused-ring (bicyclic) bond motifs is 3. The lowest BCUT2D eigenvalue weighted by Crippen LogP contribution is -2.68. The molecule has 4 saturated heterocycles. The second-order valence-electron chi connectivity index (χ2n) is 11.4. The van der Waals surface area contributed by atoms with Crippen molar-refractivity contribution in [2.24, 2.45) is 0 Å². The van der Waals surface area contributed by atoms with Crippen molar-refractivity contribution in [2.45, 2.75) is 61.9 Å². The van der Waals surface area contributed by atoms with Crippen LogP contribution < -0.4 is 5.32 Å². The lowest BCUT2D eigenvalue weighted by atomic mass is 9.84. The Kier molecular flexibility index (Phi) is 6.55. The fourth-order valence-corrected chi connectivity index (χ4v) is 7.72. The molecule has 8 rings (SSSR count). The largest absolute Gasteiger partial charge is 0.295 e. The normalized spacial score (nSPS) is 27.3. The molecular formula is C32H34N4O2S. The Hall–Kier alpha value is -2.97. The number of benzene rings is 3. The van der Waals surface area contributed by atoms with Gasteiger partial charge in [0, 0.05) is 44.7 Å². The first-order valence-electron chi connectivity index (χ1n) is 14.0. The van der Waals surface area contributed by atoms with Gasteiger partial charge in [-0.25, -0.2) is 0 Å². The van der Waals surface area contributed by atoms with Crippen molar-refractivity contribution < 1.29 is 9.59 Å². The molecule has 0 saturated carbocycles. The lowest BCUT2D eigenvalue weighted by Gasteiger charge is -2.58. The minimum absolute atomic E-state index is 0.132. The molecule has 3 aromatic rings. The molecule has 0 aliphatic carbocycles. The smallest absolute Gasteiger partial charge is 0.243 e. The minimum atomic E-state index is -0.310. The second-order valence-corrected chi connectivity index (χ2v) is 11.9. The number of rotatable bonds is 6. The summed E-state index contributed by atoms with van der Waals surface area (Å²) in [6.07, 6.45) is 2.19. The molecule has 3 aromatic carbocycles. The Labute approximate surface area is 235 Å². The lowest BCUT2D eigenvalue weighted by molar-refractivity contribution is -0.137. The first kappa shape index (κ1) is 25.0. The average Bonchev–Trinajstić information content (AvgIpc) is 3.30. The van der Waals surface area contributed by atoms with Crippen LogP contribution in [0.3, 0.4) is 0 Å². The van der Waals surface area contributed by atoms with Crippen LogP contribution >= 0.6 is 12.6 Å². The number of hydrogen-bond acceptors (Lipinski definition) is 6. The summed E-state index contributed by atoms with van der Waals surface area (Å²) < 4.78 is 0. The van der Waals surface area contributed by atoms with Gasteiger partial charge in [0.25, 0.3) is 0 Å². The van der Waals surface area contributed by atoms with Crippen molar-refractivity contribution in [2.75, 3.05) is 13.1 Å². The zero-order chi connectivity index (χ0) is 26.5. The third-order valence-electron chi connectivity index (χ3n) is 9.17. The van der Waals surface area contributed by atoms with Gasteiger partial charge in [-0.05, 0) is 40.7 Å². The molecule has 4 atom stereocenters. The molecule has 7 heteroatoms. The number of imide groups is 1. The maximum absolute atomic E-state index is 12.6. The molecule has 0 radical (unpaired) electrons. The van der Waals surface area contributed by atoms with E-state index < -0.39 is 0 Å². The quantitative estimate of drug-likeness (QED) is 0.363. The average molecular weight is 539 g/mol. The van der Waals surface area contributed by atoms with Crippen LogP contribution in [-0.2, 0) is 22.7 Å². The molecule has 0 spiro atoms. The summed E-state index contributed by atoms with van der Waals surface area (Å²) in [5.41, 5.74) is 6.54. The van der Waals surface area contributed by atoms with Crippen LogP contribution in [0.1, 0.15) is 58.5 Å². The Morgan fingerprint density at radius 1 is 0.872 bits per heavy atom. The maximum Gasteiger partial charge on any atom is 0.243 e. The molecule has 2 bridgehead atoms. The van der Waals surface area contributed by atoms with E-state index in [-0.39, 0.29) is 29.3 Å². The van der Waals surface area contributed by atoms with Crippen molar-refractivity contribution in [3.05, 3.63) is 107 Å². The van der Waals surface area contributed by atoms with Crippen LogP contribution in [0.15, 0.2) is 78.9 Å². The SMILES string of the molecule is O=C1CCC(N2Cc3c(CN4C5CC4CN(C(c4ccccc4)c4ccccc4)C5)cccc3C2S)C(=O)N1. The number of amides is 2. The summed E-state index contributed by atoms with van der Waals surface area (Å²) in [6.45, 7) is 3.73. The third-order valence-corrected chi connectivity index (χ3v) is 9.75. The van der Waals surface area contributed by atoms with E-state index in [2.05, 4.69) is 98.9 Å². The molecule has 2 amide bonds. The summed E-state index contributed by atoms with van der Waals surface area (Å²) in [5, 5.41) is 2.38. The Morgan fingerprint density at radius 2 is 1.54 bits per heavy atom. The summed E-state index contributed by atoms with van der Waals surface area (Å²) >= 11 is 4.92. The van der Waals surface area contributed by atoms with E-state index in [0.29, 0.717) is 31.5 Å². The zero-order valence-electron chi connectivity index (χ0n) is 21.9. The van der Waals surface area contributed by atoms with Gasteiger partial charge in [0.15, 0.2) is 0 Å². The summed E-state index contributed by atoms with van der Waals surface area (Å²) in [4.78, 5) is 31.8. The fraction of sp³-hybridized carbons (Fsp3) is 0.375. The van der Waals surface area contributed by atoms with E-state index in [0.717, 1.165) is 19.6 Å². The fourth-order valence-electron chi connectivity index (χ4n) is 7.23. The molecule has 39 heavy (non-hydrogen) atoms. The van der Waals surface area contributed by atoms with Gasteiger partial charge in [-0.2, -0.15) is 12.6 Å². The molecule has 5 aliphatic rings. The van der Waals surface area contributed by atoms with E-state index >= 15 is 0 Å². The first-order chi connectivity index (χ1) is 19.1. The van der Waals surface area contributed by atoms with Crippen LogP contribution in [0.25, 0.3) is 0 Å². The molecule has 6 nitrogen and oxygen atoms in total. The van der Waals surface area contributed by atoms with E-state index in [9.17, 15) is 9.59 Å². The van der Waals surface area contributed by atoms with Crippen LogP contribution in [0.5, 0.6) is 0 Å². The predicted molar refractivity (Wildman–Crippen MR) is 154 cm³/mol. The van der Waals surface area contributed by atoms with E-state index in [1.54, 1.807) is 0 Å². The molecule has 4 unspecified atom stereocenters. The molecule has 1 N–H and O–H groups in total. The highest BCUT2D eigenvalue weighted by molar-refractivity contribution is 7.80. The van der Waals surface area contributed by atoms with Crippen molar-refractivity contribution in [1.29, 1.82) is 0 Å². The van der Waals surface area contributed by atoms with Gasteiger partial charge in [0.05, 0.1) is 17.5 Å². The van der Waals surface area contributed by atoms with Crippen LogP contribution in [-0.4, -0.2) is 57.7 Å². The molecular weight excluding hydrogens is 504 g/mol. The zero-order valence-corrected chi connectivity index (χ0v) is 22.8. The van der Waals surface area contributed by atoms with E-state index in [1.807, 2.05) is 0 Å². The molecule has 0 aromatic heterocycles. The maximum atomic E-state index is 12.6. The molecule has 5 aliphatic heterocycles. The summed E-state index contributed by atoms with van der Waals surface area (Å²) in [6, 6.07) is 29.3. The standard InChI is InChI=1S/C32H34N4O2S/c37-29-15-14-28(31(38)33-29)36-20-27-23(12-7-13-26(27)32(36)39)17-35-24-16-25(35)19-34(18-24)30(21-8-3-1-4-9-21)22-10-5-2-6-11-22/h1-13,24-25,28,30,32,39H,14-20H2,(H,33,37,38). The van der Waals surface area contributed by atoms with Gasteiger partial charge in [-0.1, -0.05) is 78.9 Å². The number of carbonyl (C=O) groups excluding carboxylic acids is 2. The Bertz CT molecular complexity index is 1330. The number of nitrogens with one attached hydrogen (secondary N) is 1. The van der Waals surface area contributed by atoms with Crippen LogP contribution in [0.2, 0.25) is 0 Å². The summed E-state index contributed by atoms with van der Waals surface area (Å²) in [7, 11) is 0. The first-order valence-corrected chi connectivity index (χ1v) is 14.6. The molecule has 200 valence electrons. The highest BCUT2D eigenvalue weighted by Gasteiger charge is 2.47. The van der Waals surface area contributed by atoms with Crippen molar-refractivity contribution in [3.8, 4) is 0 Å². The second kappa shape index (κ2) is 10.2. The third kappa shape index (κ3) is 4.51. The van der Waals surface area contributed by atoms with Gasteiger partial charge >= 0.3 is 0 Å². The van der Waals surface area contributed by atoms with Crippen molar-refractivity contribution in [3.63, 3.8) is 0 Å². The van der Waals surface area contributed by atoms with Crippen LogP contribution in [0, 0.1) is 0 Å².